The number of benzene rings is 2. The van der Waals surface area contributed by atoms with Crippen molar-refractivity contribution in [3.63, 3.8) is 0 Å². The summed E-state index contributed by atoms with van der Waals surface area (Å²) in [5.41, 5.74) is 0.763. The van der Waals surface area contributed by atoms with Gasteiger partial charge in [-0.3, -0.25) is 0 Å². The summed E-state index contributed by atoms with van der Waals surface area (Å²) in [6.45, 7) is 7.12. The van der Waals surface area contributed by atoms with Crippen LogP contribution in [0.25, 0.3) is 0 Å². The minimum atomic E-state index is -0.493. The predicted octanol–water partition coefficient (Wildman–Crippen LogP) is 5.68. The van der Waals surface area contributed by atoms with Gasteiger partial charge in [0.15, 0.2) is 0 Å². The third-order valence-corrected chi connectivity index (χ3v) is 4.18. The highest BCUT2D eigenvalue weighted by atomic mass is 16.5. The van der Waals surface area contributed by atoms with Gasteiger partial charge < -0.3 is 14.2 Å². The van der Waals surface area contributed by atoms with Crippen LogP contribution in [0, 0.1) is 5.92 Å². The van der Waals surface area contributed by atoms with Crippen molar-refractivity contribution >= 4 is 11.9 Å². The van der Waals surface area contributed by atoms with E-state index in [4.69, 9.17) is 14.2 Å². The van der Waals surface area contributed by atoms with Crippen LogP contribution in [0.15, 0.2) is 48.5 Å². The van der Waals surface area contributed by atoms with Crippen LogP contribution in [0.2, 0.25) is 0 Å². The SMILES string of the molecule is CCCCCCOc1ccc(C(=O)Oc2cccc(C(=O)OCC(C)C)c2)cc1. The van der Waals surface area contributed by atoms with Crippen molar-refractivity contribution in [2.75, 3.05) is 13.2 Å². The van der Waals surface area contributed by atoms with Gasteiger partial charge in [0, 0.05) is 0 Å². The molecule has 0 N–H and O–H groups in total. The van der Waals surface area contributed by atoms with Gasteiger partial charge >= 0.3 is 11.9 Å². The topological polar surface area (TPSA) is 61.8 Å². The molecule has 0 aliphatic rings. The normalized spacial score (nSPS) is 10.6. The molecule has 0 amide bonds. The second-order valence-electron chi connectivity index (χ2n) is 7.34. The van der Waals surface area contributed by atoms with Crippen molar-refractivity contribution in [2.45, 2.75) is 46.5 Å². The van der Waals surface area contributed by atoms with E-state index < -0.39 is 11.9 Å². The minimum absolute atomic E-state index is 0.253. The van der Waals surface area contributed by atoms with Crippen LogP contribution in [0.1, 0.15) is 67.2 Å². The molecule has 156 valence electrons. The zero-order valence-corrected chi connectivity index (χ0v) is 17.5. The molecule has 0 bridgehead atoms. The Bertz CT molecular complexity index is 780. The van der Waals surface area contributed by atoms with E-state index in [-0.39, 0.29) is 5.92 Å². The van der Waals surface area contributed by atoms with Crippen molar-refractivity contribution in [1.82, 2.24) is 0 Å². The Hall–Kier alpha value is -2.82. The lowest BCUT2D eigenvalue weighted by atomic mass is 10.2. The molecule has 2 rings (SSSR count). The number of rotatable bonds is 11. The second-order valence-corrected chi connectivity index (χ2v) is 7.34. The molecule has 0 spiro atoms. The Morgan fingerprint density at radius 1 is 0.862 bits per heavy atom. The number of ether oxygens (including phenoxy) is 3. The number of hydrogen-bond acceptors (Lipinski definition) is 5. The van der Waals surface area contributed by atoms with Crippen LogP contribution in [0.4, 0.5) is 0 Å². The molecule has 0 atom stereocenters. The highest BCUT2D eigenvalue weighted by Crippen LogP contribution is 2.18. The lowest BCUT2D eigenvalue weighted by molar-refractivity contribution is 0.0457. The number of carbonyl (C=O) groups excluding carboxylic acids is 2. The summed E-state index contributed by atoms with van der Waals surface area (Å²) in [5, 5.41) is 0. The average Bonchev–Trinajstić information content (AvgIpc) is 2.72. The Morgan fingerprint density at radius 3 is 2.31 bits per heavy atom. The third kappa shape index (κ3) is 7.98. The monoisotopic (exact) mass is 398 g/mol. The third-order valence-electron chi connectivity index (χ3n) is 4.18. The zero-order chi connectivity index (χ0) is 21.1. The van der Waals surface area contributed by atoms with Gasteiger partial charge in [-0.25, -0.2) is 9.59 Å². The Kier molecular flexibility index (Phi) is 9.22. The molecule has 0 aromatic heterocycles. The van der Waals surface area contributed by atoms with Crippen LogP contribution in [-0.4, -0.2) is 25.2 Å². The molecular formula is C24H30O5. The molecule has 5 heteroatoms. The van der Waals surface area contributed by atoms with E-state index in [0.717, 1.165) is 18.6 Å². The Morgan fingerprint density at radius 2 is 1.62 bits per heavy atom. The smallest absolute Gasteiger partial charge is 0.343 e. The molecule has 0 saturated carbocycles. The fourth-order valence-corrected chi connectivity index (χ4v) is 2.58. The Balaban J connectivity index is 1.89. The van der Waals surface area contributed by atoms with Crippen LogP contribution in [-0.2, 0) is 4.74 Å². The first-order chi connectivity index (χ1) is 14.0. The maximum absolute atomic E-state index is 12.4. The molecule has 0 aliphatic heterocycles. The van der Waals surface area contributed by atoms with Crippen LogP contribution < -0.4 is 9.47 Å². The molecule has 0 saturated heterocycles. The van der Waals surface area contributed by atoms with Gasteiger partial charge in [-0.1, -0.05) is 46.1 Å². The number of hydrogen-bond donors (Lipinski definition) is 0. The summed E-state index contributed by atoms with van der Waals surface area (Å²) in [5.74, 6) is 0.352. The lowest BCUT2D eigenvalue weighted by Crippen LogP contribution is -2.11. The quantitative estimate of drug-likeness (QED) is 0.277. The van der Waals surface area contributed by atoms with Gasteiger partial charge in [0.1, 0.15) is 11.5 Å². The van der Waals surface area contributed by atoms with E-state index >= 15 is 0 Å². The number of carbonyl (C=O) groups is 2. The van der Waals surface area contributed by atoms with Crippen LogP contribution >= 0.6 is 0 Å². The molecule has 0 radical (unpaired) electrons. The van der Waals surface area contributed by atoms with E-state index in [1.54, 1.807) is 42.5 Å². The number of esters is 2. The van der Waals surface area contributed by atoms with Gasteiger partial charge in [-0.05, 0) is 54.8 Å². The van der Waals surface area contributed by atoms with Crippen molar-refractivity contribution in [3.8, 4) is 11.5 Å². The standard InChI is InChI=1S/C24H30O5/c1-4-5-6-7-15-27-21-13-11-19(12-14-21)24(26)29-22-10-8-9-20(16-22)23(25)28-17-18(2)3/h8-14,16,18H,4-7,15,17H2,1-3H3. The summed E-state index contributed by atoms with van der Waals surface area (Å²) >= 11 is 0. The summed E-state index contributed by atoms with van der Waals surface area (Å²) in [6.07, 6.45) is 4.59. The highest BCUT2D eigenvalue weighted by Gasteiger charge is 2.13. The van der Waals surface area contributed by atoms with Gasteiger partial charge in [0.2, 0.25) is 0 Å². The van der Waals surface area contributed by atoms with E-state index in [2.05, 4.69) is 6.92 Å². The fraction of sp³-hybridized carbons (Fsp3) is 0.417. The maximum Gasteiger partial charge on any atom is 0.343 e. The summed E-state index contributed by atoms with van der Waals surface area (Å²) in [6, 6.07) is 13.3. The first-order valence-electron chi connectivity index (χ1n) is 10.2. The molecule has 29 heavy (non-hydrogen) atoms. The molecule has 0 heterocycles. The molecule has 2 aromatic rings. The minimum Gasteiger partial charge on any atom is -0.494 e. The predicted molar refractivity (Wildman–Crippen MR) is 113 cm³/mol. The van der Waals surface area contributed by atoms with E-state index in [0.29, 0.717) is 30.1 Å². The van der Waals surface area contributed by atoms with Crippen molar-refractivity contribution in [1.29, 1.82) is 0 Å². The zero-order valence-electron chi connectivity index (χ0n) is 17.5. The van der Waals surface area contributed by atoms with E-state index in [9.17, 15) is 9.59 Å². The van der Waals surface area contributed by atoms with Crippen molar-refractivity contribution in [2.24, 2.45) is 5.92 Å². The molecule has 0 fully saturated rings. The van der Waals surface area contributed by atoms with Crippen LogP contribution in [0.3, 0.4) is 0 Å². The first-order valence-corrected chi connectivity index (χ1v) is 10.2. The second kappa shape index (κ2) is 11.9. The maximum atomic E-state index is 12.4. The summed E-state index contributed by atoms with van der Waals surface area (Å²) in [7, 11) is 0. The van der Waals surface area contributed by atoms with Gasteiger partial charge in [0.05, 0.1) is 24.3 Å². The Labute approximate surface area is 173 Å². The molecule has 2 aromatic carbocycles. The lowest BCUT2D eigenvalue weighted by Gasteiger charge is -2.09. The van der Waals surface area contributed by atoms with Crippen molar-refractivity contribution in [3.05, 3.63) is 59.7 Å². The molecular weight excluding hydrogens is 368 g/mol. The summed E-state index contributed by atoms with van der Waals surface area (Å²) in [4.78, 5) is 24.4. The first kappa shape index (κ1) is 22.5. The largest absolute Gasteiger partial charge is 0.494 e. The van der Waals surface area contributed by atoms with Gasteiger partial charge in [-0.2, -0.15) is 0 Å². The molecule has 5 nitrogen and oxygen atoms in total. The van der Waals surface area contributed by atoms with Crippen LogP contribution in [0.5, 0.6) is 11.5 Å². The average molecular weight is 398 g/mol. The van der Waals surface area contributed by atoms with Gasteiger partial charge in [-0.15, -0.1) is 0 Å². The number of unbranched alkanes of at least 4 members (excludes halogenated alkanes) is 3. The summed E-state index contributed by atoms with van der Waals surface area (Å²) < 4.78 is 16.3. The molecule has 0 unspecified atom stereocenters. The van der Waals surface area contributed by atoms with E-state index in [1.165, 1.54) is 18.9 Å². The van der Waals surface area contributed by atoms with Gasteiger partial charge in [0.25, 0.3) is 0 Å². The van der Waals surface area contributed by atoms with E-state index in [1.807, 2.05) is 13.8 Å². The van der Waals surface area contributed by atoms with Crippen molar-refractivity contribution < 1.29 is 23.8 Å². The fourth-order valence-electron chi connectivity index (χ4n) is 2.58. The molecule has 0 aliphatic carbocycles. The highest BCUT2D eigenvalue weighted by molar-refractivity contribution is 5.92.